The van der Waals surface area contributed by atoms with E-state index in [2.05, 4.69) is 25.6 Å². The Balaban J connectivity index is 1.50. The normalized spacial score (nSPS) is 10.6. The van der Waals surface area contributed by atoms with Crippen LogP contribution in [0.15, 0.2) is 41.8 Å². The zero-order valence-corrected chi connectivity index (χ0v) is 15.8. The van der Waals surface area contributed by atoms with Gasteiger partial charge in [0.15, 0.2) is 0 Å². The van der Waals surface area contributed by atoms with Gasteiger partial charge in [-0.2, -0.15) is 15.0 Å². The Bertz CT molecular complexity index is 889. The molecule has 140 valence electrons. The van der Waals surface area contributed by atoms with Crippen LogP contribution in [0.1, 0.15) is 10.7 Å². The molecule has 0 bridgehead atoms. The van der Waals surface area contributed by atoms with Gasteiger partial charge in [0.05, 0.1) is 18.1 Å². The van der Waals surface area contributed by atoms with Crippen LogP contribution in [-0.4, -0.2) is 26.6 Å². The third kappa shape index (κ3) is 6.19. The van der Waals surface area contributed by atoms with Crippen LogP contribution >= 0.6 is 23.1 Å². The molecular formula is C17H17FN6OS2. The molecule has 0 aliphatic carbocycles. The van der Waals surface area contributed by atoms with Crippen LogP contribution < -0.4 is 16.4 Å². The Hall–Kier alpha value is -2.72. The molecule has 0 radical (unpaired) electrons. The molecule has 0 saturated heterocycles. The Morgan fingerprint density at radius 2 is 2.00 bits per heavy atom. The summed E-state index contributed by atoms with van der Waals surface area (Å²) in [4.78, 5) is 25.4. The van der Waals surface area contributed by atoms with Crippen molar-refractivity contribution >= 4 is 46.6 Å². The van der Waals surface area contributed by atoms with E-state index >= 15 is 0 Å². The lowest BCUT2D eigenvalue weighted by atomic mass is 10.3. The lowest BCUT2D eigenvalue weighted by Crippen LogP contribution is -2.24. The molecule has 4 N–H and O–H groups in total. The first kappa shape index (κ1) is 19.1. The van der Waals surface area contributed by atoms with Crippen LogP contribution in [-0.2, 0) is 17.1 Å². The van der Waals surface area contributed by atoms with Crippen molar-refractivity contribution in [2.45, 2.75) is 12.3 Å². The molecule has 3 rings (SSSR count). The van der Waals surface area contributed by atoms with Crippen molar-refractivity contribution in [3.8, 4) is 0 Å². The molecule has 3 aromatic rings. The molecule has 0 fully saturated rings. The Kier molecular flexibility index (Phi) is 6.55. The molecule has 0 spiro atoms. The second-order valence-electron chi connectivity index (χ2n) is 5.41. The summed E-state index contributed by atoms with van der Waals surface area (Å²) in [5.41, 5.74) is 6.35. The lowest BCUT2D eigenvalue weighted by molar-refractivity contribution is -0.118. The lowest BCUT2D eigenvalue weighted by Gasteiger charge is -2.07. The van der Waals surface area contributed by atoms with Crippen molar-refractivity contribution in [2.75, 3.05) is 16.8 Å². The molecule has 0 unspecified atom stereocenters. The molecule has 0 saturated carbocycles. The quantitative estimate of drug-likeness (QED) is 0.530. The van der Waals surface area contributed by atoms with Crippen molar-refractivity contribution in [2.24, 2.45) is 0 Å². The van der Waals surface area contributed by atoms with Crippen molar-refractivity contribution in [1.82, 2.24) is 20.3 Å². The fraction of sp³-hybridized carbons (Fsp3) is 0.176. The number of nitrogen functional groups attached to an aromatic ring is 1. The van der Waals surface area contributed by atoms with E-state index in [1.165, 1.54) is 23.9 Å². The van der Waals surface area contributed by atoms with Crippen molar-refractivity contribution < 1.29 is 9.18 Å². The first-order valence-electron chi connectivity index (χ1n) is 7.98. The van der Waals surface area contributed by atoms with Gasteiger partial charge in [0.2, 0.25) is 17.8 Å². The van der Waals surface area contributed by atoms with Crippen LogP contribution in [0.5, 0.6) is 0 Å². The van der Waals surface area contributed by atoms with Gasteiger partial charge in [-0.25, -0.2) is 4.39 Å². The number of aromatic nitrogens is 3. The van der Waals surface area contributed by atoms with Gasteiger partial charge in [0.25, 0.3) is 0 Å². The average Bonchev–Trinajstić information content (AvgIpc) is 3.15. The number of nitrogens with one attached hydrogen (secondary N) is 2. The second-order valence-corrected chi connectivity index (χ2v) is 7.43. The molecule has 1 amide bonds. The predicted octanol–water partition coefficient (Wildman–Crippen LogP) is 2.95. The minimum absolute atomic E-state index is 0.0555. The summed E-state index contributed by atoms with van der Waals surface area (Å²) in [6, 6.07) is 9.73. The van der Waals surface area contributed by atoms with E-state index in [9.17, 15) is 9.18 Å². The molecule has 27 heavy (non-hydrogen) atoms. The van der Waals surface area contributed by atoms with E-state index in [-0.39, 0.29) is 29.4 Å². The smallest absolute Gasteiger partial charge is 0.232 e. The van der Waals surface area contributed by atoms with Crippen molar-refractivity contribution in [3.63, 3.8) is 0 Å². The third-order valence-corrected chi connectivity index (χ3v) is 5.11. The van der Waals surface area contributed by atoms with E-state index in [4.69, 9.17) is 5.73 Å². The number of hydrogen-bond acceptors (Lipinski definition) is 8. The van der Waals surface area contributed by atoms with E-state index in [0.717, 1.165) is 4.88 Å². The number of benzene rings is 1. The number of rotatable bonds is 8. The van der Waals surface area contributed by atoms with Gasteiger partial charge < -0.3 is 16.4 Å². The summed E-state index contributed by atoms with van der Waals surface area (Å²) in [5, 5.41) is 7.78. The number of thiophene rings is 1. The van der Waals surface area contributed by atoms with Crippen molar-refractivity contribution in [1.29, 1.82) is 0 Å². The minimum Gasteiger partial charge on any atom is -0.368 e. The summed E-state index contributed by atoms with van der Waals surface area (Å²) >= 11 is 2.98. The van der Waals surface area contributed by atoms with Crippen LogP contribution in [0, 0.1) is 5.82 Å². The topological polar surface area (TPSA) is 106 Å². The van der Waals surface area contributed by atoms with Gasteiger partial charge in [0, 0.05) is 10.6 Å². The fourth-order valence-corrected chi connectivity index (χ4v) is 3.45. The maximum Gasteiger partial charge on any atom is 0.232 e. The van der Waals surface area contributed by atoms with Gasteiger partial charge in [-0.1, -0.05) is 6.07 Å². The molecule has 0 atom stereocenters. The molecule has 1 aromatic carbocycles. The molecule has 10 heteroatoms. The number of nitrogens with two attached hydrogens (primary N) is 1. The highest BCUT2D eigenvalue weighted by atomic mass is 32.2. The Labute approximate surface area is 163 Å². The summed E-state index contributed by atoms with van der Waals surface area (Å²) in [6.07, 6.45) is 0. The molecule has 2 aromatic heterocycles. The number of amides is 1. The number of hydrogen-bond donors (Lipinski definition) is 3. The maximum absolute atomic E-state index is 13.0. The maximum atomic E-state index is 13.0. The number of nitrogens with zero attached hydrogens (tertiary/aromatic N) is 3. The fourth-order valence-electron chi connectivity index (χ4n) is 2.11. The number of anilines is 3. The third-order valence-electron chi connectivity index (χ3n) is 3.30. The number of halogens is 1. The zero-order chi connectivity index (χ0) is 19.1. The summed E-state index contributed by atoms with van der Waals surface area (Å²) in [7, 11) is 0. The Morgan fingerprint density at radius 1 is 1.19 bits per heavy atom. The molecule has 0 aliphatic heterocycles. The highest BCUT2D eigenvalue weighted by Gasteiger charge is 2.08. The molecule has 7 nitrogen and oxygen atoms in total. The van der Waals surface area contributed by atoms with Gasteiger partial charge in [-0.05, 0) is 35.7 Å². The highest BCUT2D eigenvalue weighted by Crippen LogP contribution is 2.16. The van der Waals surface area contributed by atoms with E-state index in [1.807, 2.05) is 17.5 Å². The molecule has 2 heterocycles. The van der Waals surface area contributed by atoms with Crippen LogP contribution in [0.4, 0.5) is 22.0 Å². The molecule has 0 aliphatic rings. The van der Waals surface area contributed by atoms with Gasteiger partial charge in [-0.15, -0.1) is 23.1 Å². The number of carbonyl (C=O) groups is 1. The SMILES string of the molecule is Nc1nc(CSCC(=O)NCc2cccs2)nc(Nc2ccc(F)cc2)n1. The monoisotopic (exact) mass is 404 g/mol. The Morgan fingerprint density at radius 3 is 2.74 bits per heavy atom. The van der Waals surface area contributed by atoms with E-state index in [1.54, 1.807) is 23.5 Å². The standard InChI is InChI=1S/C17H17FN6OS2/c18-11-3-5-12(6-4-11)21-17-23-14(22-16(19)24-17)9-26-10-15(25)20-8-13-2-1-7-27-13/h1-7H,8-10H2,(H,20,25)(H3,19,21,22,23,24). The summed E-state index contributed by atoms with van der Waals surface area (Å²) < 4.78 is 13.0. The second kappa shape index (κ2) is 9.28. The van der Waals surface area contributed by atoms with E-state index in [0.29, 0.717) is 23.8 Å². The molecular weight excluding hydrogens is 387 g/mol. The van der Waals surface area contributed by atoms with Crippen LogP contribution in [0.25, 0.3) is 0 Å². The number of thioether (sulfide) groups is 1. The van der Waals surface area contributed by atoms with Crippen LogP contribution in [0.2, 0.25) is 0 Å². The van der Waals surface area contributed by atoms with Crippen molar-refractivity contribution in [3.05, 3.63) is 58.3 Å². The predicted molar refractivity (Wildman–Crippen MR) is 106 cm³/mol. The average molecular weight is 404 g/mol. The van der Waals surface area contributed by atoms with Gasteiger partial charge >= 0.3 is 0 Å². The van der Waals surface area contributed by atoms with E-state index < -0.39 is 0 Å². The largest absolute Gasteiger partial charge is 0.368 e. The summed E-state index contributed by atoms with van der Waals surface area (Å²) in [6.45, 7) is 0.529. The zero-order valence-electron chi connectivity index (χ0n) is 14.2. The minimum atomic E-state index is -0.329. The first-order valence-corrected chi connectivity index (χ1v) is 10.0. The van der Waals surface area contributed by atoms with Gasteiger partial charge in [0.1, 0.15) is 11.6 Å². The highest BCUT2D eigenvalue weighted by molar-refractivity contribution is 7.99. The summed E-state index contributed by atoms with van der Waals surface area (Å²) in [5.74, 6) is 1.13. The van der Waals surface area contributed by atoms with Crippen LogP contribution in [0.3, 0.4) is 0 Å². The van der Waals surface area contributed by atoms with Gasteiger partial charge in [-0.3, -0.25) is 4.79 Å². The number of carbonyl (C=O) groups excluding carboxylic acids is 1. The first-order chi connectivity index (χ1) is 13.1.